The van der Waals surface area contributed by atoms with Crippen LogP contribution < -0.4 is 9.47 Å². The van der Waals surface area contributed by atoms with Gasteiger partial charge in [-0.15, -0.1) is 0 Å². The van der Waals surface area contributed by atoms with Gasteiger partial charge in [0.05, 0.1) is 31.3 Å². The van der Waals surface area contributed by atoms with Crippen molar-refractivity contribution in [2.24, 2.45) is 17.8 Å². The monoisotopic (exact) mass is 648 g/mol. The van der Waals surface area contributed by atoms with Gasteiger partial charge in [-0.25, -0.2) is 0 Å². The van der Waals surface area contributed by atoms with E-state index in [1.54, 1.807) is 27.7 Å². The fourth-order valence-corrected chi connectivity index (χ4v) is 5.82. The predicted octanol–water partition coefficient (Wildman–Crippen LogP) is 8.27. The summed E-state index contributed by atoms with van der Waals surface area (Å²) < 4.78 is 11.3. The van der Waals surface area contributed by atoms with Gasteiger partial charge in [0.2, 0.25) is 0 Å². The number of benzene rings is 1. The second-order valence-electron chi connectivity index (χ2n) is 14.1. The molecule has 0 amide bonds. The number of hydrogen-bond acceptors (Lipinski definition) is 7. The van der Waals surface area contributed by atoms with Crippen LogP contribution in [0.4, 0.5) is 0 Å². The van der Waals surface area contributed by atoms with Crippen molar-refractivity contribution < 1.29 is 44.0 Å². The van der Waals surface area contributed by atoms with Crippen LogP contribution in [0.1, 0.15) is 147 Å². The van der Waals surface area contributed by atoms with E-state index in [0.717, 1.165) is 24.7 Å². The molecule has 1 aromatic carbocycles. The molecule has 0 aliphatic carbocycles. The third-order valence-corrected chi connectivity index (χ3v) is 9.03. The summed E-state index contributed by atoms with van der Waals surface area (Å²) in [6.45, 7) is 16.2. The van der Waals surface area contributed by atoms with Crippen molar-refractivity contribution in [3.8, 4) is 11.5 Å². The molecule has 0 aromatic heterocycles. The third kappa shape index (κ3) is 16.1. The van der Waals surface area contributed by atoms with Crippen molar-refractivity contribution >= 4 is 23.9 Å². The summed E-state index contributed by atoms with van der Waals surface area (Å²) in [4.78, 5) is 46.9. The van der Waals surface area contributed by atoms with E-state index in [0.29, 0.717) is 47.4 Å². The van der Waals surface area contributed by atoms with Crippen LogP contribution >= 0.6 is 0 Å². The lowest BCUT2D eigenvalue weighted by Crippen LogP contribution is -2.25. The number of rotatable bonds is 23. The Morgan fingerprint density at radius 1 is 0.630 bits per heavy atom. The van der Waals surface area contributed by atoms with Gasteiger partial charge in [-0.2, -0.15) is 0 Å². The van der Waals surface area contributed by atoms with Crippen LogP contribution in [-0.2, 0) is 25.6 Å². The highest BCUT2D eigenvalue weighted by Gasteiger charge is 2.27. The van der Waals surface area contributed by atoms with Crippen LogP contribution in [0.25, 0.3) is 0 Å². The lowest BCUT2D eigenvalue weighted by atomic mass is 9.86. The summed E-state index contributed by atoms with van der Waals surface area (Å²) in [6, 6.07) is 0. The Kier molecular flexibility index (Phi) is 18.2. The SMILES string of the molecule is Cc1c(C)c(OC(=O)CCC(=O)O)c(CCC(C)(O)CCCC(C)CCCC(C)CCCC(C)C)c(C)c1OC(=O)CCC(=O)O. The quantitative estimate of drug-likeness (QED) is 0.0787. The molecule has 0 heterocycles. The fraction of sp³-hybridized carbons (Fsp3) is 0.730. The Bertz CT molecular complexity index is 1150. The van der Waals surface area contributed by atoms with E-state index in [4.69, 9.17) is 19.7 Å². The topological polar surface area (TPSA) is 147 Å². The molecule has 0 aliphatic rings. The summed E-state index contributed by atoms with van der Waals surface area (Å²) in [5, 5.41) is 29.2. The van der Waals surface area contributed by atoms with Crippen molar-refractivity contribution in [3.63, 3.8) is 0 Å². The third-order valence-electron chi connectivity index (χ3n) is 9.03. The average Bonchev–Trinajstić information content (AvgIpc) is 2.95. The van der Waals surface area contributed by atoms with Crippen LogP contribution in [0.15, 0.2) is 0 Å². The molecule has 1 rings (SSSR count). The molecule has 0 radical (unpaired) electrons. The number of hydrogen-bond donors (Lipinski definition) is 3. The summed E-state index contributed by atoms with van der Waals surface area (Å²) in [5.74, 6) is -0.939. The first kappa shape index (κ1) is 41.1. The minimum Gasteiger partial charge on any atom is -0.481 e. The average molecular weight is 649 g/mol. The van der Waals surface area contributed by atoms with Gasteiger partial charge >= 0.3 is 23.9 Å². The first-order valence-corrected chi connectivity index (χ1v) is 17.1. The Balaban J connectivity index is 2.93. The Labute approximate surface area is 276 Å². The van der Waals surface area contributed by atoms with E-state index in [9.17, 15) is 24.3 Å². The molecule has 3 atom stereocenters. The van der Waals surface area contributed by atoms with Crippen LogP contribution in [0, 0.1) is 38.5 Å². The molecule has 46 heavy (non-hydrogen) atoms. The van der Waals surface area contributed by atoms with Crippen LogP contribution in [0.5, 0.6) is 11.5 Å². The molecule has 0 aliphatic heterocycles. The van der Waals surface area contributed by atoms with Crippen LogP contribution in [-0.4, -0.2) is 44.8 Å². The van der Waals surface area contributed by atoms with E-state index in [-0.39, 0.29) is 37.2 Å². The van der Waals surface area contributed by atoms with E-state index >= 15 is 0 Å². The molecule has 0 fully saturated rings. The zero-order chi connectivity index (χ0) is 35.0. The molecule has 0 saturated heterocycles. The molecule has 3 N–H and O–H groups in total. The number of aliphatic carboxylic acids is 2. The smallest absolute Gasteiger partial charge is 0.311 e. The number of esters is 2. The van der Waals surface area contributed by atoms with Crippen molar-refractivity contribution in [1.82, 2.24) is 0 Å². The molecule has 0 bridgehead atoms. The standard InChI is InChI=1S/C37H60O9/c1-24(2)12-9-13-25(3)14-10-15-26(4)16-11-22-37(8,44)23-21-30-29(7)35(45-33(42)19-17-31(38)39)27(5)28(6)36(30)46-34(43)20-18-32(40)41/h24-26,44H,9-23H2,1-8H3,(H,38,39)(H,40,41). The van der Waals surface area contributed by atoms with Gasteiger partial charge in [0.1, 0.15) is 11.5 Å². The largest absolute Gasteiger partial charge is 0.481 e. The zero-order valence-corrected chi connectivity index (χ0v) is 29.6. The minimum absolute atomic E-state index is 0.274. The van der Waals surface area contributed by atoms with Crippen LogP contribution in [0.2, 0.25) is 0 Å². The Morgan fingerprint density at radius 3 is 1.54 bits per heavy atom. The predicted molar refractivity (Wildman–Crippen MR) is 179 cm³/mol. The maximum absolute atomic E-state index is 12.6. The lowest BCUT2D eigenvalue weighted by Gasteiger charge is -2.26. The van der Waals surface area contributed by atoms with Gasteiger partial charge in [0.25, 0.3) is 0 Å². The van der Waals surface area contributed by atoms with E-state index in [1.807, 2.05) is 0 Å². The van der Waals surface area contributed by atoms with Gasteiger partial charge in [-0.1, -0.05) is 79.1 Å². The van der Waals surface area contributed by atoms with E-state index in [1.165, 1.54) is 38.5 Å². The fourth-order valence-electron chi connectivity index (χ4n) is 5.82. The van der Waals surface area contributed by atoms with Crippen molar-refractivity contribution in [2.75, 3.05) is 0 Å². The number of carbonyl (C=O) groups is 4. The first-order chi connectivity index (χ1) is 21.4. The number of carboxylic acids is 2. The number of carbonyl (C=O) groups excluding carboxylic acids is 2. The summed E-state index contributed by atoms with van der Waals surface area (Å²) in [5.41, 5.74) is 1.25. The molecule has 3 unspecified atom stereocenters. The maximum atomic E-state index is 12.6. The Hall–Kier alpha value is -2.94. The zero-order valence-electron chi connectivity index (χ0n) is 29.6. The second-order valence-corrected chi connectivity index (χ2v) is 14.1. The molecule has 9 heteroatoms. The Morgan fingerprint density at radius 2 is 1.07 bits per heavy atom. The molecule has 0 saturated carbocycles. The van der Waals surface area contributed by atoms with Crippen molar-refractivity contribution in [1.29, 1.82) is 0 Å². The first-order valence-electron chi connectivity index (χ1n) is 17.1. The van der Waals surface area contributed by atoms with Crippen LogP contribution in [0.3, 0.4) is 0 Å². The second kappa shape index (κ2) is 20.3. The number of ether oxygens (including phenoxy) is 2. The van der Waals surface area contributed by atoms with E-state index < -0.39 is 29.5 Å². The molecular weight excluding hydrogens is 588 g/mol. The highest BCUT2D eigenvalue weighted by Crippen LogP contribution is 2.40. The van der Waals surface area contributed by atoms with Gasteiger partial charge in [-0.3, -0.25) is 19.2 Å². The van der Waals surface area contributed by atoms with Gasteiger partial charge in [0, 0.05) is 5.56 Å². The van der Waals surface area contributed by atoms with Crippen molar-refractivity contribution in [2.45, 2.75) is 157 Å². The normalized spacial score (nSPS) is 14.0. The number of carboxylic acid groups (broad SMARTS) is 2. The lowest BCUT2D eigenvalue weighted by molar-refractivity contribution is -0.142. The summed E-state index contributed by atoms with van der Waals surface area (Å²) in [7, 11) is 0. The highest BCUT2D eigenvalue weighted by molar-refractivity contribution is 5.81. The molecule has 9 nitrogen and oxygen atoms in total. The highest BCUT2D eigenvalue weighted by atomic mass is 16.5. The molecule has 262 valence electrons. The molecular formula is C37H60O9. The molecule has 0 spiro atoms. The maximum Gasteiger partial charge on any atom is 0.311 e. The van der Waals surface area contributed by atoms with Gasteiger partial charge < -0.3 is 24.8 Å². The molecule has 1 aromatic rings. The minimum atomic E-state index is -1.11. The summed E-state index contributed by atoms with van der Waals surface area (Å²) >= 11 is 0. The van der Waals surface area contributed by atoms with Gasteiger partial charge in [-0.05, 0) is 81.4 Å². The van der Waals surface area contributed by atoms with Crippen molar-refractivity contribution in [3.05, 3.63) is 22.3 Å². The van der Waals surface area contributed by atoms with Gasteiger partial charge in [0.15, 0.2) is 0 Å². The van der Waals surface area contributed by atoms with E-state index in [2.05, 4.69) is 27.7 Å². The summed E-state index contributed by atoms with van der Waals surface area (Å²) in [6.07, 6.45) is 9.46. The number of aliphatic hydroxyl groups is 1.